The van der Waals surface area contributed by atoms with E-state index in [0.717, 1.165) is 16.8 Å². The van der Waals surface area contributed by atoms with Gasteiger partial charge in [0.25, 0.3) is 15.9 Å². The van der Waals surface area contributed by atoms with Gasteiger partial charge < -0.3 is 10.6 Å². The van der Waals surface area contributed by atoms with Gasteiger partial charge in [0.2, 0.25) is 0 Å². The molecule has 42 heavy (non-hydrogen) atoms. The van der Waals surface area contributed by atoms with Crippen LogP contribution in [0.2, 0.25) is 0 Å². The van der Waals surface area contributed by atoms with Crippen LogP contribution < -0.4 is 15.4 Å². The van der Waals surface area contributed by atoms with E-state index < -0.39 is 10.0 Å². The molecule has 3 aliphatic rings. The summed E-state index contributed by atoms with van der Waals surface area (Å²) in [6, 6.07) is 28.9. The average molecular weight is 578 g/mol. The Labute approximate surface area is 247 Å². The summed E-state index contributed by atoms with van der Waals surface area (Å²) >= 11 is 0. The zero-order valence-corrected chi connectivity index (χ0v) is 24.6. The monoisotopic (exact) mass is 577 g/mol. The minimum atomic E-state index is -3.76. The lowest BCUT2D eigenvalue weighted by Gasteiger charge is -2.43. The van der Waals surface area contributed by atoms with Crippen LogP contribution in [-0.2, 0) is 10.0 Å². The molecule has 7 heteroatoms. The Morgan fingerprint density at radius 1 is 0.857 bits per heavy atom. The molecular weight excluding hydrogens is 542 g/mol. The number of hydrogen-bond acceptors (Lipinski definition) is 4. The van der Waals surface area contributed by atoms with Crippen molar-refractivity contribution < 1.29 is 13.2 Å². The lowest BCUT2D eigenvalue weighted by atomic mass is 9.68. The van der Waals surface area contributed by atoms with E-state index in [1.807, 2.05) is 32.0 Å². The zero-order chi connectivity index (χ0) is 29.0. The summed E-state index contributed by atoms with van der Waals surface area (Å²) in [7, 11) is -3.76. The molecule has 0 aromatic heterocycles. The van der Waals surface area contributed by atoms with Crippen molar-refractivity contribution >= 4 is 33.0 Å². The van der Waals surface area contributed by atoms with Gasteiger partial charge in [-0.05, 0) is 122 Å². The van der Waals surface area contributed by atoms with Gasteiger partial charge >= 0.3 is 0 Å². The Hall–Kier alpha value is -4.10. The fourth-order valence-electron chi connectivity index (χ4n) is 7.67. The third-order valence-corrected chi connectivity index (χ3v) is 10.9. The summed E-state index contributed by atoms with van der Waals surface area (Å²) in [5, 5.41) is 6.80. The minimum Gasteiger partial charge on any atom is -0.378 e. The number of amides is 1. The predicted molar refractivity (Wildman–Crippen MR) is 167 cm³/mol. The number of rotatable bonds is 6. The minimum absolute atomic E-state index is 0.135. The van der Waals surface area contributed by atoms with Crippen molar-refractivity contribution in [3.8, 4) is 0 Å². The number of nitrogens with one attached hydrogen (secondary N) is 3. The van der Waals surface area contributed by atoms with Gasteiger partial charge in [0.15, 0.2) is 0 Å². The molecule has 2 fully saturated rings. The molecular formula is C35H35N3O3S. The van der Waals surface area contributed by atoms with Crippen molar-refractivity contribution in [1.82, 2.24) is 0 Å². The van der Waals surface area contributed by atoms with Crippen LogP contribution >= 0.6 is 0 Å². The maximum Gasteiger partial charge on any atom is 0.261 e. The van der Waals surface area contributed by atoms with E-state index in [-0.39, 0.29) is 16.8 Å². The van der Waals surface area contributed by atoms with Crippen LogP contribution in [0, 0.1) is 31.6 Å². The molecule has 6 nitrogen and oxygen atoms in total. The third kappa shape index (κ3) is 4.75. The summed E-state index contributed by atoms with van der Waals surface area (Å²) in [5.74, 6) is 2.15. The molecule has 214 valence electrons. The van der Waals surface area contributed by atoms with Crippen LogP contribution in [0.15, 0.2) is 95.9 Å². The quantitative estimate of drug-likeness (QED) is 0.220. The standard InChI is InChI=1S/C35H35N3O3S/c1-21-8-16-30(22(2)18-21)38-42(40,41)28-14-12-27(13-15-28)36-35(39)26-11-17-31-29(20-26)32-24-9-10-25(19-24)33(32)34(37-31)23-6-4-3-5-7-23/h3-8,11-18,20,24-25,32-34,37-38H,9-10,19H2,1-2H3,(H,36,39)/t24-,25-,32-,33-,34-/m0/s1. The van der Waals surface area contributed by atoms with Gasteiger partial charge in [-0.15, -0.1) is 0 Å². The molecule has 0 saturated heterocycles. The molecule has 7 rings (SSSR count). The van der Waals surface area contributed by atoms with E-state index in [2.05, 4.69) is 57.8 Å². The van der Waals surface area contributed by atoms with Crippen LogP contribution in [0.3, 0.4) is 0 Å². The number of aryl methyl sites for hydroxylation is 2. The summed E-state index contributed by atoms with van der Waals surface area (Å²) in [6.07, 6.45) is 3.82. The van der Waals surface area contributed by atoms with E-state index >= 15 is 0 Å². The molecule has 1 amide bonds. The van der Waals surface area contributed by atoms with Gasteiger partial charge in [-0.1, -0.05) is 48.0 Å². The van der Waals surface area contributed by atoms with Crippen LogP contribution in [0.1, 0.15) is 63.8 Å². The Kier molecular flexibility index (Phi) is 6.58. The zero-order valence-electron chi connectivity index (χ0n) is 23.8. The van der Waals surface area contributed by atoms with Crippen LogP contribution in [0.25, 0.3) is 0 Å². The highest BCUT2D eigenvalue weighted by molar-refractivity contribution is 7.92. The van der Waals surface area contributed by atoms with Crippen LogP contribution in [0.5, 0.6) is 0 Å². The smallest absolute Gasteiger partial charge is 0.261 e. The van der Waals surface area contributed by atoms with Crippen molar-refractivity contribution in [3.63, 3.8) is 0 Å². The molecule has 4 aromatic carbocycles. The Morgan fingerprint density at radius 2 is 1.62 bits per heavy atom. The number of fused-ring (bicyclic) bond motifs is 7. The number of carbonyl (C=O) groups excluding carboxylic acids is 1. The first-order chi connectivity index (χ1) is 20.3. The van der Waals surface area contributed by atoms with Crippen LogP contribution in [-0.4, -0.2) is 14.3 Å². The van der Waals surface area contributed by atoms with Gasteiger partial charge in [0.1, 0.15) is 0 Å². The lowest BCUT2D eigenvalue weighted by Crippen LogP contribution is -2.35. The number of carbonyl (C=O) groups is 1. The first kappa shape index (κ1) is 26.8. The average Bonchev–Trinajstić information content (AvgIpc) is 3.62. The normalized spacial score (nSPS) is 23.9. The number of benzene rings is 4. The topological polar surface area (TPSA) is 87.3 Å². The van der Waals surface area contributed by atoms with Gasteiger partial charge in [-0.25, -0.2) is 8.42 Å². The summed E-state index contributed by atoms with van der Waals surface area (Å²) in [5.41, 5.74) is 7.35. The SMILES string of the molecule is Cc1ccc(NS(=O)(=O)c2ccc(NC(=O)c3ccc4c(c3)[C@@H]3[C@H]5CC[C@@H](C5)[C@@H]3[C@H](c3ccccc3)N4)cc2)c(C)c1. The van der Waals surface area contributed by atoms with Crippen molar-refractivity contribution in [2.75, 3.05) is 15.4 Å². The van der Waals surface area contributed by atoms with Crippen molar-refractivity contribution in [3.05, 3.63) is 119 Å². The lowest BCUT2D eigenvalue weighted by molar-refractivity contribution is 0.102. The Morgan fingerprint density at radius 3 is 2.38 bits per heavy atom. The largest absolute Gasteiger partial charge is 0.378 e. The molecule has 5 atom stereocenters. The summed E-state index contributed by atoms with van der Waals surface area (Å²) in [4.78, 5) is 13.5. The molecule has 0 spiro atoms. The van der Waals surface area contributed by atoms with E-state index in [1.54, 1.807) is 18.2 Å². The summed E-state index contributed by atoms with van der Waals surface area (Å²) < 4.78 is 28.6. The Bertz CT molecular complexity index is 1770. The molecule has 2 saturated carbocycles. The van der Waals surface area contributed by atoms with Gasteiger partial charge in [0, 0.05) is 16.9 Å². The van der Waals surface area contributed by atoms with Gasteiger partial charge in [-0.3, -0.25) is 9.52 Å². The first-order valence-electron chi connectivity index (χ1n) is 14.7. The van der Waals surface area contributed by atoms with Crippen molar-refractivity contribution in [2.45, 2.75) is 50.0 Å². The molecule has 4 aromatic rings. The molecule has 3 N–H and O–H groups in total. The fourth-order valence-corrected chi connectivity index (χ4v) is 8.80. The van der Waals surface area contributed by atoms with Crippen molar-refractivity contribution in [2.24, 2.45) is 17.8 Å². The molecule has 1 heterocycles. The van der Waals surface area contributed by atoms with Gasteiger partial charge in [-0.2, -0.15) is 0 Å². The Balaban J connectivity index is 1.10. The molecule has 0 radical (unpaired) electrons. The second-order valence-corrected chi connectivity index (χ2v) is 13.9. The number of hydrogen-bond donors (Lipinski definition) is 3. The number of anilines is 3. The van der Waals surface area contributed by atoms with Crippen LogP contribution in [0.4, 0.5) is 17.1 Å². The first-order valence-corrected chi connectivity index (χ1v) is 16.2. The third-order valence-electron chi connectivity index (χ3n) is 9.56. The predicted octanol–water partition coefficient (Wildman–Crippen LogP) is 7.65. The highest BCUT2D eigenvalue weighted by atomic mass is 32.2. The van der Waals surface area contributed by atoms with E-state index in [0.29, 0.717) is 40.6 Å². The van der Waals surface area contributed by atoms with E-state index in [4.69, 9.17) is 0 Å². The molecule has 2 bridgehead atoms. The summed E-state index contributed by atoms with van der Waals surface area (Å²) in [6.45, 7) is 3.84. The highest BCUT2D eigenvalue weighted by Crippen LogP contribution is 2.63. The van der Waals surface area contributed by atoms with Gasteiger partial charge in [0.05, 0.1) is 16.6 Å². The van der Waals surface area contributed by atoms with E-state index in [1.165, 1.54) is 42.5 Å². The maximum atomic E-state index is 13.4. The second-order valence-electron chi connectivity index (χ2n) is 12.2. The molecule has 0 unspecified atom stereocenters. The molecule has 2 aliphatic carbocycles. The number of sulfonamides is 1. The molecule has 1 aliphatic heterocycles. The fraction of sp³-hybridized carbons (Fsp3) is 0.286. The second kappa shape index (κ2) is 10.3. The van der Waals surface area contributed by atoms with Crippen molar-refractivity contribution in [1.29, 1.82) is 0 Å². The van der Waals surface area contributed by atoms with E-state index in [9.17, 15) is 13.2 Å². The maximum absolute atomic E-state index is 13.4. The highest BCUT2D eigenvalue weighted by Gasteiger charge is 2.53.